The lowest BCUT2D eigenvalue weighted by Crippen LogP contribution is -2.33. The van der Waals surface area contributed by atoms with Crippen LogP contribution in [-0.2, 0) is 22.7 Å². The first-order valence-electron chi connectivity index (χ1n) is 6.54. The fraction of sp³-hybridized carbons (Fsp3) is 0.571. The topological polar surface area (TPSA) is 60.2 Å². The van der Waals surface area contributed by atoms with E-state index in [-0.39, 0.29) is 17.7 Å². The van der Waals surface area contributed by atoms with Crippen LogP contribution in [0.5, 0.6) is 0 Å². The Morgan fingerprint density at radius 1 is 1.28 bits per heavy atom. The van der Waals surface area contributed by atoms with Gasteiger partial charge in [-0.15, -0.1) is 0 Å². The first kappa shape index (κ1) is 13.6. The van der Waals surface area contributed by atoms with Crippen LogP contribution >= 0.6 is 0 Å². The Labute approximate surface area is 109 Å². The van der Waals surface area contributed by atoms with Gasteiger partial charge in [0.25, 0.3) is 0 Å². The van der Waals surface area contributed by atoms with Crippen LogP contribution in [0.1, 0.15) is 24.5 Å². The average Bonchev–Trinajstić information content (AvgIpc) is 2.71. The molecule has 1 aromatic rings. The zero-order valence-electron chi connectivity index (χ0n) is 10.8. The second kappa shape index (κ2) is 5.41. The summed E-state index contributed by atoms with van der Waals surface area (Å²) in [5.74, 6) is 0.697. The van der Waals surface area contributed by atoms with Gasteiger partial charge >= 0.3 is 0 Å². The molecule has 1 aromatic carbocycles. The molecular weight excluding hydrogens is 246 g/mol. The highest BCUT2D eigenvalue weighted by molar-refractivity contribution is 7.91. The Bertz CT molecular complexity index is 493. The molecule has 0 aromatic heterocycles. The van der Waals surface area contributed by atoms with Gasteiger partial charge in [0.2, 0.25) is 0 Å². The van der Waals surface area contributed by atoms with Crippen LogP contribution in [0.4, 0.5) is 0 Å². The summed E-state index contributed by atoms with van der Waals surface area (Å²) in [7, 11) is -2.82. The van der Waals surface area contributed by atoms with Crippen LogP contribution in [0.3, 0.4) is 0 Å². The van der Waals surface area contributed by atoms with E-state index in [0.717, 1.165) is 19.3 Å². The molecule has 2 unspecified atom stereocenters. The minimum atomic E-state index is -2.82. The second-order valence-corrected chi connectivity index (χ2v) is 7.43. The summed E-state index contributed by atoms with van der Waals surface area (Å²) >= 11 is 0. The first-order chi connectivity index (χ1) is 8.50. The standard InChI is InChI=1S/C14H21NO2S/c1-2-11-3-5-12(6-4-11)9-14(15)13-7-8-18(16,17)10-13/h3-6,13-14H,2,7-10,15H2,1H3. The maximum Gasteiger partial charge on any atom is 0.150 e. The average molecular weight is 267 g/mol. The van der Waals surface area contributed by atoms with E-state index < -0.39 is 9.84 Å². The zero-order valence-corrected chi connectivity index (χ0v) is 11.6. The van der Waals surface area contributed by atoms with Crippen molar-refractivity contribution < 1.29 is 8.42 Å². The minimum Gasteiger partial charge on any atom is -0.327 e. The number of hydrogen-bond acceptors (Lipinski definition) is 3. The minimum absolute atomic E-state index is 0.0465. The maximum absolute atomic E-state index is 11.4. The van der Waals surface area contributed by atoms with Crippen molar-refractivity contribution >= 4 is 9.84 Å². The number of hydrogen-bond donors (Lipinski definition) is 1. The van der Waals surface area contributed by atoms with Gasteiger partial charge < -0.3 is 5.73 Å². The highest BCUT2D eigenvalue weighted by atomic mass is 32.2. The molecule has 2 rings (SSSR count). The monoisotopic (exact) mass is 267 g/mol. The molecule has 3 nitrogen and oxygen atoms in total. The summed E-state index contributed by atoms with van der Waals surface area (Å²) in [4.78, 5) is 0. The van der Waals surface area contributed by atoms with Crippen molar-refractivity contribution in [2.75, 3.05) is 11.5 Å². The molecule has 18 heavy (non-hydrogen) atoms. The second-order valence-electron chi connectivity index (χ2n) is 5.20. The van der Waals surface area contributed by atoms with Gasteiger partial charge in [-0.25, -0.2) is 8.42 Å². The predicted octanol–water partition coefficient (Wildman–Crippen LogP) is 1.55. The van der Waals surface area contributed by atoms with Crippen LogP contribution < -0.4 is 5.73 Å². The van der Waals surface area contributed by atoms with E-state index in [1.165, 1.54) is 11.1 Å². The third kappa shape index (κ3) is 3.33. The van der Waals surface area contributed by atoms with E-state index in [2.05, 4.69) is 31.2 Å². The normalized spacial score (nSPS) is 24.0. The van der Waals surface area contributed by atoms with E-state index in [1.807, 2.05) is 0 Å². The van der Waals surface area contributed by atoms with E-state index >= 15 is 0 Å². The Kier molecular flexibility index (Phi) is 4.07. The number of nitrogens with two attached hydrogens (primary N) is 1. The molecule has 4 heteroatoms. The molecule has 2 atom stereocenters. The van der Waals surface area contributed by atoms with Crippen LogP contribution in [0.25, 0.3) is 0 Å². The summed E-state index contributed by atoms with van der Waals surface area (Å²) in [6.07, 6.45) is 2.52. The molecule has 0 bridgehead atoms. The van der Waals surface area contributed by atoms with Gasteiger partial charge in [-0.05, 0) is 36.3 Å². The van der Waals surface area contributed by atoms with E-state index in [0.29, 0.717) is 5.75 Å². The highest BCUT2D eigenvalue weighted by Gasteiger charge is 2.31. The van der Waals surface area contributed by atoms with Crippen LogP contribution in [-0.4, -0.2) is 26.0 Å². The fourth-order valence-corrected chi connectivity index (χ4v) is 4.41. The summed E-state index contributed by atoms with van der Waals surface area (Å²) in [5.41, 5.74) is 8.65. The smallest absolute Gasteiger partial charge is 0.150 e. The third-order valence-electron chi connectivity index (χ3n) is 3.78. The number of rotatable bonds is 4. The fourth-order valence-electron chi connectivity index (χ4n) is 2.51. The largest absolute Gasteiger partial charge is 0.327 e. The molecule has 1 aliphatic heterocycles. The highest BCUT2D eigenvalue weighted by Crippen LogP contribution is 2.22. The zero-order chi connectivity index (χ0) is 13.2. The van der Waals surface area contributed by atoms with Crippen molar-refractivity contribution in [1.82, 2.24) is 0 Å². The summed E-state index contributed by atoms with van der Waals surface area (Å²) in [6.45, 7) is 2.13. The van der Waals surface area contributed by atoms with Crippen molar-refractivity contribution in [2.45, 2.75) is 32.2 Å². The Morgan fingerprint density at radius 3 is 2.39 bits per heavy atom. The SMILES string of the molecule is CCc1ccc(CC(N)C2CCS(=O)(=O)C2)cc1. The van der Waals surface area contributed by atoms with Gasteiger partial charge in [-0.2, -0.15) is 0 Å². The van der Waals surface area contributed by atoms with E-state index in [9.17, 15) is 8.42 Å². The lowest BCUT2D eigenvalue weighted by Gasteiger charge is -2.17. The van der Waals surface area contributed by atoms with Crippen LogP contribution in [0.15, 0.2) is 24.3 Å². The van der Waals surface area contributed by atoms with Gasteiger partial charge in [0.15, 0.2) is 9.84 Å². The van der Waals surface area contributed by atoms with Crippen molar-refractivity contribution in [1.29, 1.82) is 0 Å². The Hall–Kier alpha value is -0.870. The third-order valence-corrected chi connectivity index (χ3v) is 5.57. The van der Waals surface area contributed by atoms with Crippen molar-refractivity contribution in [3.8, 4) is 0 Å². The first-order valence-corrected chi connectivity index (χ1v) is 8.36. The van der Waals surface area contributed by atoms with Crippen molar-refractivity contribution in [2.24, 2.45) is 11.7 Å². The van der Waals surface area contributed by atoms with E-state index in [1.54, 1.807) is 0 Å². The summed E-state index contributed by atoms with van der Waals surface area (Å²) < 4.78 is 22.9. The molecule has 0 spiro atoms. The van der Waals surface area contributed by atoms with Crippen molar-refractivity contribution in [3.63, 3.8) is 0 Å². The maximum atomic E-state index is 11.4. The lowest BCUT2D eigenvalue weighted by molar-refractivity contribution is 0.461. The summed E-state index contributed by atoms with van der Waals surface area (Å²) in [6, 6.07) is 8.39. The number of sulfone groups is 1. The van der Waals surface area contributed by atoms with Gasteiger partial charge in [0, 0.05) is 6.04 Å². The molecule has 2 N–H and O–H groups in total. The Morgan fingerprint density at radius 2 is 1.89 bits per heavy atom. The number of benzene rings is 1. The predicted molar refractivity (Wildman–Crippen MR) is 74.3 cm³/mol. The summed E-state index contributed by atoms with van der Waals surface area (Å²) in [5, 5.41) is 0. The van der Waals surface area contributed by atoms with Gasteiger partial charge in [0.1, 0.15) is 0 Å². The molecule has 0 radical (unpaired) electrons. The van der Waals surface area contributed by atoms with Crippen molar-refractivity contribution in [3.05, 3.63) is 35.4 Å². The van der Waals surface area contributed by atoms with Gasteiger partial charge in [-0.1, -0.05) is 31.2 Å². The molecule has 0 saturated carbocycles. The number of aryl methyl sites for hydroxylation is 1. The molecular formula is C14H21NO2S. The molecule has 1 aliphatic rings. The Balaban J connectivity index is 1.96. The molecule has 0 aliphatic carbocycles. The molecule has 1 fully saturated rings. The van der Waals surface area contributed by atoms with Gasteiger partial charge in [-0.3, -0.25) is 0 Å². The quantitative estimate of drug-likeness (QED) is 0.900. The van der Waals surface area contributed by atoms with Gasteiger partial charge in [0.05, 0.1) is 11.5 Å². The van der Waals surface area contributed by atoms with Crippen LogP contribution in [0.2, 0.25) is 0 Å². The lowest BCUT2D eigenvalue weighted by atomic mass is 9.93. The van der Waals surface area contributed by atoms with Crippen LogP contribution in [0, 0.1) is 5.92 Å². The molecule has 1 heterocycles. The molecule has 100 valence electrons. The molecule has 1 saturated heterocycles. The molecule has 0 amide bonds. The van der Waals surface area contributed by atoms with E-state index in [4.69, 9.17) is 5.73 Å².